The van der Waals surface area contributed by atoms with Gasteiger partial charge in [-0.2, -0.15) is 0 Å². The Kier molecular flexibility index (Phi) is 4.65. The van der Waals surface area contributed by atoms with Crippen LogP contribution in [-0.2, 0) is 29.2 Å². The van der Waals surface area contributed by atoms with Gasteiger partial charge >= 0.3 is 0 Å². The summed E-state index contributed by atoms with van der Waals surface area (Å²) in [5, 5.41) is 8.92. The first-order chi connectivity index (χ1) is 6.83. The van der Waals surface area contributed by atoms with E-state index < -0.39 is 0 Å². The number of ether oxygens (including phenoxy) is 2. The quantitative estimate of drug-likeness (QED) is 0.736. The molecule has 0 aromatic carbocycles. The van der Waals surface area contributed by atoms with E-state index in [4.69, 9.17) is 14.6 Å². The molecule has 0 fully saturated rings. The molecule has 0 aliphatic heterocycles. The minimum Gasteiger partial charge on any atom is -0.395 e. The number of aliphatic hydroxyl groups is 1. The van der Waals surface area contributed by atoms with E-state index >= 15 is 0 Å². The molecule has 80 valence electrons. The largest absolute Gasteiger partial charge is 0.395 e. The minimum absolute atomic E-state index is 0.127. The molecule has 0 radical (unpaired) electrons. The van der Waals surface area contributed by atoms with Crippen molar-refractivity contribution in [2.45, 2.75) is 19.8 Å². The molecule has 1 heterocycles. The molecule has 1 aromatic rings. The lowest BCUT2D eigenvalue weighted by Gasteiger charge is -2.11. The Labute approximate surface area is 84.1 Å². The molecule has 1 N–H and O–H groups in total. The van der Waals surface area contributed by atoms with Gasteiger partial charge in [0.2, 0.25) is 0 Å². The molecule has 0 saturated carbocycles. The Morgan fingerprint density at radius 2 is 1.64 bits per heavy atom. The van der Waals surface area contributed by atoms with Gasteiger partial charge in [0.15, 0.2) is 0 Å². The van der Waals surface area contributed by atoms with E-state index in [2.05, 4.69) is 0 Å². The van der Waals surface area contributed by atoms with Crippen molar-refractivity contribution in [1.29, 1.82) is 0 Å². The van der Waals surface area contributed by atoms with Crippen molar-refractivity contribution in [3.8, 4) is 0 Å². The van der Waals surface area contributed by atoms with Crippen molar-refractivity contribution in [1.82, 2.24) is 4.57 Å². The second-order valence-corrected chi connectivity index (χ2v) is 3.06. The Balaban J connectivity index is 2.82. The molecule has 1 rings (SSSR count). The van der Waals surface area contributed by atoms with Crippen LogP contribution in [-0.4, -0.2) is 30.5 Å². The Morgan fingerprint density at radius 3 is 2.00 bits per heavy atom. The van der Waals surface area contributed by atoms with Crippen molar-refractivity contribution in [3.05, 3.63) is 23.5 Å². The molecule has 4 heteroatoms. The SMILES string of the molecule is COCc1ccc(COC)n1CCO. The lowest BCUT2D eigenvalue weighted by molar-refractivity contribution is 0.163. The number of aliphatic hydroxyl groups excluding tert-OH is 1. The molecular formula is C10H17NO3. The van der Waals surface area contributed by atoms with Gasteiger partial charge in [-0.3, -0.25) is 0 Å². The monoisotopic (exact) mass is 199 g/mol. The molecule has 0 unspecified atom stereocenters. The van der Waals surface area contributed by atoms with Crippen LogP contribution in [0.4, 0.5) is 0 Å². The summed E-state index contributed by atoms with van der Waals surface area (Å²) in [7, 11) is 3.32. The topological polar surface area (TPSA) is 43.6 Å². The summed E-state index contributed by atoms with van der Waals surface area (Å²) in [6.45, 7) is 1.83. The first-order valence-electron chi connectivity index (χ1n) is 4.59. The van der Waals surface area contributed by atoms with E-state index in [-0.39, 0.29) is 6.61 Å². The molecular weight excluding hydrogens is 182 g/mol. The third-order valence-electron chi connectivity index (χ3n) is 2.07. The molecule has 0 aliphatic carbocycles. The van der Waals surface area contributed by atoms with Crippen LogP contribution in [0.3, 0.4) is 0 Å². The van der Waals surface area contributed by atoms with E-state index in [9.17, 15) is 0 Å². The fraction of sp³-hybridized carbons (Fsp3) is 0.600. The molecule has 0 spiro atoms. The molecule has 0 amide bonds. The zero-order valence-electron chi connectivity index (χ0n) is 8.69. The highest BCUT2D eigenvalue weighted by Crippen LogP contribution is 2.11. The Bertz CT molecular complexity index is 247. The van der Waals surface area contributed by atoms with Crippen molar-refractivity contribution in [3.63, 3.8) is 0 Å². The van der Waals surface area contributed by atoms with Crippen LogP contribution in [0.25, 0.3) is 0 Å². The molecule has 14 heavy (non-hydrogen) atoms. The number of hydrogen-bond donors (Lipinski definition) is 1. The summed E-state index contributed by atoms with van der Waals surface area (Å²) in [6.07, 6.45) is 0. The van der Waals surface area contributed by atoms with Crippen molar-refractivity contribution in [2.24, 2.45) is 0 Å². The zero-order valence-corrected chi connectivity index (χ0v) is 8.69. The van der Waals surface area contributed by atoms with Crippen molar-refractivity contribution in [2.75, 3.05) is 20.8 Å². The van der Waals surface area contributed by atoms with Gasteiger partial charge in [-0.25, -0.2) is 0 Å². The van der Waals surface area contributed by atoms with Gasteiger partial charge in [0.25, 0.3) is 0 Å². The summed E-state index contributed by atoms with van der Waals surface area (Å²) in [4.78, 5) is 0. The average molecular weight is 199 g/mol. The van der Waals surface area contributed by atoms with E-state index in [0.29, 0.717) is 19.8 Å². The van der Waals surface area contributed by atoms with Crippen LogP contribution in [0, 0.1) is 0 Å². The second-order valence-electron chi connectivity index (χ2n) is 3.06. The van der Waals surface area contributed by atoms with Gasteiger partial charge in [0.1, 0.15) is 0 Å². The summed E-state index contributed by atoms with van der Waals surface area (Å²) >= 11 is 0. The Morgan fingerprint density at radius 1 is 1.14 bits per heavy atom. The molecule has 4 nitrogen and oxygen atoms in total. The van der Waals surface area contributed by atoms with Gasteiger partial charge in [-0.1, -0.05) is 0 Å². The van der Waals surface area contributed by atoms with E-state index in [1.54, 1.807) is 14.2 Å². The molecule has 0 saturated heterocycles. The maximum absolute atomic E-state index is 8.92. The summed E-state index contributed by atoms with van der Waals surface area (Å²) < 4.78 is 12.1. The van der Waals surface area contributed by atoms with Gasteiger partial charge in [-0.05, 0) is 12.1 Å². The summed E-state index contributed by atoms with van der Waals surface area (Å²) in [5.74, 6) is 0. The van der Waals surface area contributed by atoms with Gasteiger partial charge in [0.05, 0.1) is 19.8 Å². The molecule has 0 aliphatic rings. The second kappa shape index (κ2) is 5.80. The predicted molar refractivity (Wildman–Crippen MR) is 52.9 cm³/mol. The predicted octanol–water partition coefficient (Wildman–Crippen LogP) is 0.773. The number of hydrogen-bond acceptors (Lipinski definition) is 3. The molecule has 0 atom stereocenters. The lowest BCUT2D eigenvalue weighted by Crippen LogP contribution is -2.10. The normalized spacial score (nSPS) is 10.8. The first kappa shape index (κ1) is 11.2. The summed E-state index contributed by atoms with van der Waals surface area (Å²) in [6, 6.07) is 3.99. The fourth-order valence-corrected chi connectivity index (χ4v) is 1.49. The van der Waals surface area contributed by atoms with Crippen LogP contribution < -0.4 is 0 Å². The number of aromatic nitrogens is 1. The smallest absolute Gasteiger partial charge is 0.0864 e. The van der Waals surface area contributed by atoms with Gasteiger partial charge in [-0.15, -0.1) is 0 Å². The maximum atomic E-state index is 8.92. The van der Waals surface area contributed by atoms with Crippen LogP contribution in [0.2, 0.25) is 0 Å². The average Bonchev–Trinajstić information content (AvgIpc) is 2.52. The molecule has 1 aromatic heterocycles. The third-order valence-corrected chi connectivity index (χ3v) is 2.07. The van der Waals surface area contributed by atoms with Crippen molar-refractivity contribution < 1.29 is 14.6 Å². The minimum atomic E-state index is 0.127. The van der Waals surface area contributed by atoms with Gasteiger partial charge < -0.3 is 19.1 Å². The van der Waals surface area contributed by atoms with Crippen LogP contribution >= 0.6 is 0 Å². The number of nitrogens with zero attached hydrogens (tertiary/aromatic N) is 1. The maximum Gasteiger partial charge on any atom is 0.0864 e. The van der Waals surface area contributed by atoms with Crippen LogP contribution in [0.1, 0.15) is 11.4 Å². The van der Waals surface area contributed by atoms with Gasteiger partial charge in [0, 0.05) is 32.2 Å². The third kappa shape index (κ3) is 2.57. The highest BCUT2D eigenvalue weighted by Gasteiger charge is 2.06. The zero-order chi connectivity index (χ0) is 10.4. The van der Waals surface area contributed by atoms with Crippen molar-refractivity contribution >= 4 is 0 Å². The lowest BCUT2D eigenvalue weighted by atomic mass is 10.4. The fourth-order valence-electron chi connectivity index (χ4n) is 1.49. The van der Waals surface area contributed by atoms with E-state index in [0.717, 1.165) is 11.4 Å². The van der Waals surface area contributed by atoms with Crippen LogP contribution in [0.5, 0.6) is 0 Å². The number of methoxy groups -OCH3 is 2. The summed E-state index contributed by atoms with van der Waals surface area (Å²) in [5.41, 5.74) is 2.13. The Hall–Kier alpha value is -0.840. The highest BCUT2D eigenvalue weighted by molar-refractivity contribution is 5.15. The van der Waals surface area contributed by atoms with E-state index in [1.807, 2.05) is 16.7 Å². The number of rotatable bonds is 6. The standard InChI is InChI=1S/C10H17NO3/c1-13-7-9-3-4-10(8-14-2)11(9)5-6-12/h3-4,12H,5-8H2,1-2H3. The van der Waals surface area contributed by atoms with E-state index in [1.165, 1.54) is 0 Å². The van der Waals surface area contributed by atoms with Crippen LogP contribution in [0.15, 0.2) is 12.1 Å². The highest BCUT2D eigenvalue weighted by atomic mass is 16.5. The first-order valence-corrected chi connectivity index (χ1v) is 4.59. The molecule has 0 bridgehead atoms.